The van der Waals surface area contributed by atoms with Crippen molar-refractivity contribution in [2.75, 3.05) is 0 Å². The third-order valence-corrected chi connectivity index (χ3v) is 2.77. The zero-order valence-corrected chi connectivity index (χ0v) is 7.36. The van der Waals surface area contributed by atoms with Crippen molar-refractivity contribution in [2.45, 2.75) is 25.8 Å². The van der Waals surface area contributed by atoms with E-state index in [0.717, 1.165) is 5.82 Å². The fourth-order valence-electron chi connectivity index (χ4n) is 1.64. The van der Waals surface area contributed by atoms with Crippen molar-refractivity contribution in [3.63, 3.8) is 0 Å². The Labute approximate surface area is 72.0 Å². The van der Waals surface area contributed by atoms with E-state index in [1.165, 1.54) is 0 Å². The number of rotatable bonds is 1. The molecule has 1 saturated carbocycles. The van der Waals surface area contributed by atoms with Gasteiger partial charge in [0, 0.05) is 24.4 Å². The fraction of sp³-hybridized carbons (Fsp3) is 0.556. The summed E-state index contributed by atoms with van der Waals surface area (Å²) in [5.41, 5.74) is 6.08. The largest absolute Gasteiger partial charge is 0.327 e. The van der Waals surface area contributed by atoms with Crippen LogP contribution in [-0.4, -0.2) is 16.0 Å². The van der Waals surface area contributed by atoms with Gasteiger partial charge in [-0.2, -0.15) is 0 Å². The standard InChI is InChI=1S/C9H13N3/c1-9(2)6(7(9)10)8-11-4-3-5-12-8/h3-7H,10H2,1-2H3. The molecule has 1 aliphatic rings. The minimum absolute atomic E-state index is 0.182. The third-order valence-electron chi connectivity index (χ3n) is 2.77. The predicted octanol–water partition coefficient (Wildman–Crippen LogP) is 0.927. The van der Waals surface area contributed by atoms with E-state index in [0.29, 0.717) is 5.92 Å². The van der Waals surface area contributed by atoms with Crippen molar-refractivity contribution in [3.05, 3.63) is 24.3 Å². The molecule has 1 aromatic rings. The summed E-state index contributed by atoms with van der Waals surface area (Å²) < 4.78 is 0. The molecule has 0 aromatic carbocycles. The maximum absolute atomic E-state index is 5.90. The van der Waals surface area contributed by atoms with Crippen LogP contribution in [0.25, 0.3) is 0 Å². The summed E-state index contributed by atoms with van der Waals surface area (Å²) in [4.78, 5) is 8.39. The van der Waals surface area contributed by atoms with Crippen LogP contribution >= 0.6 is 0 Å². The first-order chi connectivity index (χ1) is 5.64. The third kappa shape index (κ3) is 0.932. The van der Waals surface area contributed by atoms with Gasteiger partial charge in [0.15, 0.2) is 0 Å². The zero-order chi connectivity index (χ0) is 8.77. The summed E-state index contributed by atoms with van der Waals surface area (Å²) >= 11 is 0. The van der Waals surface area contributed by atoms with Gasteiger partial charge in [-0.25, -0.2) is 9.97 Å². The molecule has 2 rings (SSSR count). The van der Waals surface area contributed by atoms with E-state index in [2.05, 4.69) is 23.8 Å². The molecule has 0 aliphatic heterocycles. The van der Waals surface area contributed by atoms with Gasteiger partial charge in [-0.05, 0) is 11.5 Å². The van der Waals surface area contributed by atoms with Crippen LogP contribution in [0.2, 0.25) is 0 Å². The monoisotopic (exact) mass is 163 g/mol. The summed E-state index contributed by atoms with van der Waals surface area (Å²) in [5, 5.41) is 0. The first kappa shape index (κ1) is 7.68. The van der Waals surface area contributed by atoms with Crippen LogP contribution in [0.3, 0.4) is 0 Å². The van der Waals surface area contributed by atoms with E-state index < -0.39 is 0 Å². The van der Waals surface area contributed by atoms with E-state index in [1.807, 2.05) is 6.07 Å². The van der Waals surface area contributed by atoms with Crippen LogP contribution in [0.1, 0.15) is 25.6 Å². The SMILES string of the molecule is CC1(C)C(N)C1c1ncccn1. The summed E-state index contributed by atoms with van der Waals surface area (Å²) in [6.45, 7) is 4.30. The quantitative estimate of drug-likeness (QED) is 0.670. The normalized spacial score (nSPS) is 31.6. The van der Waals surface area contributed by atoms with Crippen molar-refractivity contribution in [1.82, 2.24) is 9.97 Å². The van der Waals surface area contributed by atoms with Crippen molar-refractivity contribution in [2.24, 2.45) is 11.1 Å². The molecule has 2 unspecified atom stereocenters. The van der Waals surface area contributed by atoms with Crippen LogP contribution in [0.4, 0.5) is 0 Å². The maximum Gasteiger partial charge on any atom is 0.133 e. The molecule has 1 heterocycles. The number of hydrogen-bond acceptors (Lipinski definition) is 3. The van der Waals surface area contributed by atoms with Gasteiger partial charge in [0.05, 0.1) is 0 Å². The number of aromatic nitrogens is 2. The minimum atomic E-state index is 0.182. The highest BCUT2D eigenvalue weighted by atomic mass is 15.0. The lowest BCUT2D eigenvalue weighted by Gasteiger charge is -1.98. The second kappa shape index (κ2) is 2.26. The highest BCUT2D eigenvalue weighted by molar-refractivity contribution is 5.23. The highest BCUT2D eigenvalue weighted by Gasteiger charge is 2.57. The summed E-state index contributed by atoms with van der Waals surface area (Å²) in [6, 6.07) is 2.05. The second-order valence-electron chi connectivity index (χ2n) is 3.93. The maximum atomic E-state index is 5.90. The molecule has 2 N–H and O–H groups in total. The van der Waals surface area contributed by atoms with Crippen LogP contribution in [-0.2, 0) is 0 Å². The van der Waals surface area contributed by atoms with Gasteiger partial charge in [-0.1, -0.05) is 13.8 Å². The smallest absolute Gasteiger partial charge is 0.133 e. The molecule has 1 fully saturated rings. The van der Waals surface area contributed by atoms with Crippen molar-refractivity contribution in [1.29, 1.82) is 0 Å². The molecule has 3 nitrogen and oxygen atoms in total. The van der Waals surface area contributed by atoms with Crippen LogP contribution < -0.4 is 5.73 Å². The van der Waals surface area contributed by atoms with E-state index in [-0.39, 0.29) is 11.5 Å². The van der Waals surface area contributed by atoms with Crippen LogP contribution in [0, 0.1) is 5.41 Å². The lowest BCUT2D eigenvalue weighted by molar-refractivity contribution is 0.590. The molecular weight excluding hydrogens is 150 g/mol. The Morgan fingerprint density at radius 2 is 1.83 bits per heavy atom. The summed E-state index contributed by atoms with van der Waals surface area (Å²) in [6.07, 6.45) is 3.53. The van der Waals surface area contributed by atoms with Gasteiger partial charge in [0.1, 0.15) is 5.82 Å². The Kier molecular flexibility index (Phi) is 1.45. The Hall–Kier alpha value is -0.960. The second-order valence-corrected chi connectivity index (χ2v) is 3.93. The molecular formula is C9H13N3. The topological polar surface area (TPSA) is 51.8 Å². The zero-order valence-electron chi connectivity index (χ0n) is 7.36. The molecule has 0 amide bonds. The van der Waals surface area contributed by atoms with Gasteiger partial charge in [-0.3, -0.25) is 0 Å². The molecule has 0 saturated heterocycles. The molecule has 1 aliphatic carbocycles. The van der Waals surface area contributed by atoms with E-state index in [9.17, 15) is 0 Å². The number of hydrogen-bond donors (Lipinski definition) is 1. The van der Waals surface area contributed by atoms with Crippen molar-refractivity contribution >= 4 is 0 Å². The highest BCUT2D eigenvalue weighted by Crippen LogP contribution is 2.55. The van der Waals surface area contributed by atoms with Gasteiger partial charge < -0.3 is 5.73 Å². The minimum Gasteiger partial charge on any atom is -0.327 e. The average Bonchev–Trinajstić information content (AvgIpc) is 2.53. The molecule has 64 valence electrons. The van der Waals surface area contributed by atoms with Crippen molar-refractivity contribution < 1.29 is 0 Å². The molecule has 0 bridgehead atoms. The summed E-state index contributed by atoms with van der Waals surface area (Å²) in [7, 11) is 0. The molecule has 0 radical (unpaired) electrons. The van der Waals surface area contributed by atoms with Gasteiger partial charge in [-0.15, -0.1) is 0 Å². The summed E-state index contributed by atoms with van der Waals surface area (Å²) in [5.74, 6) is 1.23. The van der Waals surface area contributed by atoms with Crippen LogP contribution in [0.5, 0.6) is 0 Å². The van der Waals surface area contributed by atoms with Crippen molar-refractivity contribution in [3.8, 4) is 0 Å². The van der Waals surface area contributed by atoms with Gasteiger partial charge in [0.2, 0.25) is 0 Å². The Balaban J connectivity index is 2.25. The number of nitrogens with zero attached hydrogens (tertiary/aromatic N) is 2. The lowest BCUT2D eigenvalue weighted by Crippen LogP contribution is -2.06. The Morgan fingerprint density at radius 3 is 2.25 bits per heavy atom. The molecule has 1 aromatic heterocycles. The first-order valence-electron chi connectivity index (χ1n) is 4.16. The van der Waals surface area contributed by atoms with Gasteiger partial charge in [0.25, 0.3) is 0 Å². The number of nitrogens with two attached hydrogens (primary N) is 1. The lowest BCUT2D eigenvalue weighted by atomic mass is 10.1. The van der Waals surface area contributed by atoms with E-state index in [4.69, 9.17) is 5.73 Å². The van der Waals surface area contributed by atoms with E-state index in [1.54, 1.807) is 12.4 Å². The molecule has 3 heteroatoms. The Morgan fingerprint density at radius 1 is 1.33 bits per heavy atom. The fourth-order valence-corrected chi connectivity index (χ4v) is 1.64. The molecule has 2 atom stereocenters. The van der Waals surface area contributed by atoms with E-state index >= 15 is 0 Å². The van der Waals surface area contributed by atoms with Crippen LogP contribution in [0.15, 0.2) is 18.5 Å². The predicted molar refractivity (Wildman–Crippen MR) is 46.5 cm³/mol. The Bertz CT molecular complexity index is 281. The molecule has 0 spiro atoms. The first-order valence-corrected chi connectivity index (χ1v) is 4.16. The average molecular weight is 163 g/mol. The van der Waals surface area contributed by atoms with Gasteiger partial charge >= 0.3 is 0 Å². The molecule has 12 heavy (non-hydrogen) atoms.